The third kappa shape index (κ3) is 2.74. The summed E-state index contributed by atoms with van der Waals surface area (Å²) in [6, 6.07) is 14.4. The van der Waals surface area contributed by atoms with Crippen molar-refractivity contribution < 1.29 is 0 Å². The average molecular weight is 329 g/mol. The molecule has 0 aliphatic heterocycles. The third-order valence-corrected chi connectivity index (χ3v) is 4.47. The summed E-state index contributed by atoms with van der Waals surface area (Å²) in [7, 11) is 0. The van der Waals surface area contributed by atoms with Crippen LogP contribution in [0.5, 0.6) is 0 Å². The summed E-state index contributed by atoms with van der Waals surface area (Å²) in [5, 5.41) is 8.84. The van der Waals surface area contributed by atoms with E-state index >= 15 is 0 Å². The fraction of sp³-hybridized carbons (Fsp3) is 0.150. The Bertz CT molecular complexity index is 1060. The molecule has 4 rings (SSSR count). The van der Waals surface area contributed by atoms with Crippen LogP contribution in [0.15, 0.2) is 55.0 Å². The normalized spacial score (nSPS) is 11.0. The number of anilines is 2. The molecule has 2 aromatic carbocycles. The van der Waals surface area contributed by atoms with Crippen LogP contribution in [0, 0.1) is 20.8 Å². The molecule has 0 aliphatic rings. The smallest absolute Gasteiger partial charge is 0.168 e. The van der Waals surface area contributed by atoms with Crippen LogP contribution in [0.2, 0.25) is 0 Å². The van der Waals surface area contributed by atoms with Crippen LogP contribution >= 0.6 is 0 Å². The van der Waals surface area contributed by atoms with E-state index in [4.69, 9.17) is 0 Å². The first kappa shape index (κ1) is 15.3. The highest BCUT2D eigenvalue weighted by molar-refractivity contribution is 5.89. The molecule has 0 fully saturated rings. The number of hydrogen-bond acceptors (Lipinski definition) is 4. The van der Waals surface area contributed by atoms with E-state index in [0.717, 1.165) is 28.2 Å². The maximum Gasteiger partial charge on any atom is 0.168 e. The van der Waals surface area contributed by atoms with Crippen molar-refractivity contribution in [3.05, 3.63) is 71.7 Å². The number of nitrogens with one attached hydrogen (secondary N) is 1. The van der Waals surface area contributed by atoms with E-state index in [9.17, 15) is 0 Å². The highest BCUT2D eigenvalue weighted by atomic mass is 15.3. The Balaban J connectivity index is 1.81. The van der Waals surface area contributed by atoms with Gasteiger partial charge in [-0.05, 0) is 55.7 Å². The molecule has 0 atom stereocenters. The average Bonchev–Trinajstić information content (AvgIpc) is 3.04. The summed E-state index contributed by atoms with van der Waals surface area (Å²) in [6.07, 6.45) is 3.38. The number of aryl methyl sites for hydroxylation is 2. The Morgan fingerprint density at radius 3 is 2.64 bits per heavy atom. The molecular weight excluding hydrogens is 310 g/mol. The summed E-state index contributed by atoms with van der Waals surface area (Å²) in [6.45, 7) is 6.27. The molecule has 0 aliphatic carbocycles. The number of aromatic nitrogens is 4. The zero-order valence-electron chi connectivity index (χ0n) is 14.5. The summed E-state index contributed by atoms with van der Waals surface area (Å²) in [5.41, 5.74) is 6.46. The Hall–Kier alpha value is -3.21. The van der Waals surface area contributed by atoms with Gasteiger partial charge in [-0.2, -0.15) is 5.10 Å². The lowest BCUT2D eigenvalue weighted by Gasteiger charge is -2.11. The van der Waals surface area contributed by atoms with Gasteiger partial charge in [0.25, 0.3) is 0 Å². The molecule has 4 aromatic rings. The zero-order chi connectivity index (χ0) is 17.4. The van der Waals surface area contributed by atoms with Crippen molar-refractivity contribution in [2.45, 2.75) is 20.8 Å². The summed E-state index contributed by atoms with van der Waals surface area (Å²) in [4.78, 5) is 8.86. The van der Waals surface area contributed by atoms with Gasteiger partial charge in [-0.3, -0.25) is 0 Å². The van der Waals surface area contributed by atoms with Crippen molar-refractivity contribution in [1.82, 2.24) is 19.7 Å². The molecule has 0 unspecified atom stereocenters. The highest BCUT2D eigenvalue weighted by Crippen LogP contribution is 2.27. The minimum atomic E-state index is 0.762. The molecule has 0 amide bonds. The number of fused-ring (bicyclic) bond motifs is 1. The number of benzene rings is 2. The van der Waals surface area contributed by atoms with E-state index in [1.54, 1.807) is 6.33 Å². The molecular formula is C20H19N5. The van der Waals surface area contributed by atoms with Crippen molar-refractivity contribution in [3.63, 3.8) is 0 Å². The van der Waals surface area contributed by atoms with Crippen LogP contribution in [0.1, 0.15) is 16.7 Å². The maximum absolute atomic E-state index is 4.52. The van der Waals surface area contributed by atoms with Crippen LogP contribution in [0.4, 0.5) is 11.5 Å². The van der Waals surface area contributed by atoms with E-state index in [0.29, 0.717) is 0 Å². The van der Waals surface area contributed by atoms with Gasteiger partial charge in [0.1, 0.15) is 12.1 Å². The van der Waals surface area contributed by atoms with Gasteiger partial charge in [-0.15, -0.1) is 0 Å². The monoisotopic (exact) mass is 329 g/mol. The van der Waals surface area contributed by atoms with E-state index in [2.05, 4.69) is 65.4 Å². The molecule has 25 heavy (non-hydrogen) atoms. The van der Waals surface area contributed by atoms with E-state index < -0.39 is 0 Å². The van der Waals surface area contributed by atoms with Crippen molar-refractivity contribution in [1.29, 1.82) is 0 Å². The summed E-state index contributed by atoms with van der Waals surface area (Å²) >= 11 is 0. The molecule has 2 heterocycles. The van der Waals surface area contributed by atoms with Gasteiger partial charge in [0.15, 0.2) is 5.65 Å². The number of rotatable bonds is 3. The fourth-order valence-electron chi connectivity index (χ4n) is 2.91. The van der Waals surface area contributed by atoms with Crippen molar-refractivity contribution in [2.24, 2.45) is 0 Å². The lowest BCUT2D eigenvalue weighted by molar-refractivity contribution is 0.894. The lowest BCUT2D eigenvalue weighted by Crippen LogP contribution is -2.00. The quantitative estimate of drug-likeness (QED) is 0.602. The van der Waals surface area contributed by atoms with Gasteiger partial charge in [0.2, 0.25) is 0 Å². The third-order valence-electron chi connectivity index (χ3n) is 4.47. The molecule has 0 saturated carbocycles. The van der Waals surface area contributed by atoms with Crippen molar-refractivity contribution in [2.75, 3.05) is 5.32 Å². The topological polar surface area (TPSA) is 55.6 Å². The molecule has 2 aromatic heterocycles. The van der Waals surface area contributed by atoms with Gasteiger partial charge in [-0.1, -0.05) is 24.3 Å². The van der Waals surface area contributed by atoms with Crippen LogP contribution in [0.3, 0.4) is 0 Å². The Kier molecular flexibility index (Phi) is 3.69. The molecule has 0 saturated heterocycles. The minimum Gasteiger partial charge on any atom is -0.339 e. The van der Waals surface area contributed by atoms with Gasteiger partial charge >= 0.3 is 0 Å². The molecule has 5 heteroatoms. The molecule has 124 valence electrons. The second-order valence-corrected chi connectivity index (χ2v) is 6.23. The predicted molar refractivity (Wildman–Crippen MR) is 101 cm³/mol. The van der Waals surface area contributed by atoms with Crippen LogP contribution in [-0.2, 0) is 0 Å². The number of nitrogens with zero attached hydrogens (tertiary/aromatic N) is 4. The van der Waals surface area contributed by atoms with E-state index in [1.807, 2.05) is 29.1 Å². The second kappa shape index (κ2) is 6.02. The van der Waals surface area contributed by atoms with Gasteiger partial charge in [0.05, 0.1) is 17.3 Å². The van der Waals surface area contributed by atoms with Crippen LogP contribution < -0.4 is 5.32 Å². The van der Waals surface area contributed by atoms with Crippen LogP contribution in [-0.4, -0.2) is 19.7 Å². The Labute approximate surface area is 146 Å². The fourth-order valence-corrected chi connectivity index (χ4v) is 2.91. The zero-order valence-corrected chi connectivity index (χ0v) is 14.5. The number of hydrogen-bond donors (Lipinski definition) is 1. The first-order valence-electron chi connectivity index (χ1n) is 8.22. The van der Waals surface area contributed by atoms with Gasteiger partial charge in [0, 0.05) is 5.69 Å². The molecule has 0 spiro atoms. The first-order chi connectivity index (χ1) is 12.1. The highest BCUT2D eigenvalue weighted by Gasteiger charge is 2.12. The maximum atomic E-state index is 4.52. The van der Waals surface area contributed by atoms with Crippen LogP contribution in [0.25, 0.3) is 16.7 Å². The summed E-state index contributed by atoms with van der Waals surface area (Å²) in [5.74, 6) is 0.762. The second-order valence-electron chi connectivity index (χ2n) is 6.23. The predicted octanol–water partition coefficient (Wildman–Crippen LogP) is 4.48. The lowest BCUT2D eigenvalue weighted by atomic mass is 10.1. The summed E-state index contributed by atoms with van der Waals surface area (Å²) < 4.78 is 1.85. The van der Waals surface area contributed by atoms with Crippen molar-refractivity contribution >= 4 is 22.5 Å². The Morgan fingerprint density at radius 2 is 1.80 bits per heavy atom. The Morgan fingerprint density at radius 1 is 0.960 bits per heavy atom. The van der Waals surface area contributed by atoms with E-state index in [-0.39, 0.29) is 0 Å². The molecule has 0 radical (unpaired) electrons. The molecule has 1 N–H and O–H groups in total. The standard InChI is InChI=1S/C20H19N5/c1-13-6-4-8-16(10-13)25-20-17(11-23-25)19(21-12-22-20)24-18-9-5-7-14(2)15(18)3/h4-12H,1-3H3,(H,21,22,24). The van der Waals surface area contributed by atoms with Crippen molar-refractivity contribution in [3.8, 4) is 5.69 Å². The first-order valence-corrected chi connectivity index (χ1v) is 8.22. The van der Waals surface area contributed by atoms with Gasteiger partial charge < -0.3 is 5.32 Å². The molecule has 0 bridgehead atoms. The van der Waals surface area contributed by atoms with E-state index in [1.165, 1.54) is 16.7 Å². The largest absolute Gasteiger partial charge is 0.339 e. The van der Waals surface area contributed by atoms with Gasteiger partial charge in [-0.25, -0.2) is 14.6 Å². The molecule has 5 nitrogen and oxygen atoms in total. The minimum absolute atomic E-state index is 0.762. The SMILES string of the molecule is Cc1cccc(-n2ncc3c(Nc4cccc(C)c4C)ncnc32)c1.